The van der Waals surface area contributed by atoms with Gasteiger partial charge >= 0.3 is 0 Å². The van der Waals surface area contributed by atoms with E-state index in [1.54, 1.807) is 12.1 Å². The molecule has 0 aliphatic carbocycles. The van der Waals surface area contributed by atoms with Gasteiger partial charge in [-0.1, -0.05) is 29.8 Å². The van der Waals surface area contributed by atoms with E-state index < -0.39 is 0 Å². The van der Waals surface area contributed by atoms with E-state index in [4.69, 9.17) is 16.3 Å². The van der Waals surface area contributed by atoms with Crippen LogP contribution in [0.1, 0.15) is 22.3 Å². The van der Waals surface area contributed by atoms with Crippen LogP contribution in [0.5, 0.6) is 5.75 Å². The van der Waals surface area contributed by atoms with Crippen molar-refractivity contribution in [1.29, 1.82) is 0 Å². The van der Waals surface area contributed by atoms with Crippen molar-refractivity contribution in [3.63, 3.8) is 0 Å². The number of ether oxygens (including phenoxy) is 1. The average molecular weight is 279 g/mol. The molecule has 0 aliphatic heterocycles. The first-order valence-electron chi connectivity index (χ1n) is 6.13. The normalized spacial score (nSPS) is 10.5. The van der Waals surface area contributed by atoms with E-state index in [1.807, 2.05) is 19.9 Å². The lowest BCUT2D eigenvalue weighted by Gasteiger charge is -2.10. The molecule has 2 rings (SSSR count). The Balaban J connectivity index is 2.12. The van der Waals surface area contributed by atoms with Gasteiger partial charge in [0.2, 0.25) is 0 Å². The van der Waals surface area contributed by atoms with Crippen molar-refractivity contribution in [2.45, 2.75) is 26.3 Å². The van der Waals surface area contributed by atoms with Crippen LogP contribution in [0.3, 0.4) is 0 Å². The summed E-state index contributed by atoms with van der Waals surface area (Å²) in [7, 11) is 0. The molecule has 0 atom stereocenters. The number of benzene rings is 2. The molecule has 0 bridgehead atoms. The van der Waals surface area contributed by atoms with Gasteiger partial charge in [-0.15, -0.1) is 11.6 Å². The highest BCUT2D eigenvalue weighted by atomic mass is 35.5. The summed E-state index contributed by atoms with van der Waals surface area (Å²) in [6, 6.07) is 11.0. The number of halogens is 2. The molecule has 2 aromatic carbocycles. The maximum absolute atomic E-state index is 13.7. The molecular weight excluding hydrogens is 263 g/mol. The van der Waals surface area contributed by atoms with E-state index in [0.29, 0.717) is 12.5 Å². The average Bonchev–Trinajstić information content (AvgIpc) is 2.40. The van der Waals surface area contributed by atoms with Crippen LogP contribution in [-0.4, -0.2) is 0 Å². The molecule has 0 N–H and O–H groups in total. The second-order valence-electron chi connectivity index (χ2n) is 4.62. The van der Waals surface area contributed by atoms with Crippen LogP contribution < -0.4 is 4.74 Å². The molecular formula is C16H16ClFO. The van der Waals surface area contributed by atoms with Crippen molar-refractivity contribution in [3.05, 3.63) is 64.5 Å². The van der Waals surface area contributed by atoms with Crippen molar-refractivity contribution in [2.24, 2.45) is 0 Å². The molecule has 0 radical (unpaired) electrons. The number of hydrogen-bond donors (Lipinski definition) is 0. The summed E-state index contributed by atoms with van der Waals surface area (Å²) < 4.78 is 19.3. The number of alkyl halides is 1. The van der Waals surface area contributed by atoms with Gasteiger partial charge in [-0.2, -0.15) is 0 Å². The first-order chi connectivity index (χ1) is 9.10. The summed E-state index contributed by atoms with van der Waals surface area (Å²) in [5.74, 6) is 0.187. The molecule has 0 amide bonds. The van der Waals surface area contributed by atoms with E-state index >= 15 is 0 Å². The van der Waals surface area contributed by atoms with Gasteiger partial charge in [-0.3, -0.25) is 0 Å². The van der Waals surface area contributed by atoms with Crippen molar-refractivity contribution >= 4 is 11.6 Å². The van der Waals surface area contributed by atoms with E-state index in [0.717, 1.165) is 16.7 Å². The molecule has 1 nitrogen and oxygen atoms in total. The highest BCUT2D eigenvalue weighted by molar-refractivity contribution is 6.17. The molecule has 19 heavy (non-hydrogen) atoms. The van der Waals surface area contributed by atoms with E-state index in [2.05, 4.69) is 12.1 Å². The fraction of sp³-hybridized carbons (Fsp3) is 0.250. The molecule has 3 heteroatoms. The monoisotopic (exact) mass is 278 g/mol. The van der Waals surface area contributed by atoms with Gasteiger partial charge in [0.15, 0.2) is 11.6 Å². The van der Waals surface area contributed by atoms with Gasteiger partial charge in [0.05, 0.1) is 0 Å². The van der Waals surface area contributed by atoms with Crippen LogP contribution in [0.15, 0.2) is 36.4 Å². The second-order valence-corrected chi connectivity index (χ2v) is 4.88. The zero-order valence-electron chi connectivity index (χ0n) is 11.0. The summed E-state index contributed by atoms with van der Waals surface area (Å²) in [5.41, 5.74) is 4.13. The van der Waals surface area contributed by atoms with Crippen LogP contribution in [0.25, 0.3) is 0 Å². The summed E-state index contributed by atoms with van der Waals surface area (Å²) in [4.78, 5) is 0. The van der Waals surface area contributed by atoms with Gasteiger partial charge in [-0.05, 0) is 42.7 Å². The Morgan fingerprint density at radius 2 is 1.89 bits per heavy atom. The first-order valence-corrected chi connectivity index (χ1v) is 6.67. The highest BCUT2D eigenvalue weighted by Gasteiger charge is 2.06. The molecule has 0 aromatic heterocycles. The Morgan fingerprint density at radius 3 is 2.58 bits per heavy atom. The Labute approximate surface area is 118 Å². The molecule has 0 saturated carbocycles. The van der Waals surface area contributed by atoms with E-state index in [1.165, 1.54) is 11.6 Å². The van der Waals surface area contributed by atoms with E-state index in [-0.39, 0.29) is 11.6 Å². The third-order valence-electron chi connectivity index (χ3n) is 3.04. The Morgan fingerprint density at radius 1 is 1.11 bits per heavy atom. The van der Waals surface area contributed by atoms with Crippen molar-refractivity contribution in [3.8, 4) is 5.75 Å². The zero-order valence-corrected chi connectivity index (χ0v) is 11.8. The lowest BCUT2D eigenvalue weighted by molar-refractivity contribution is 0.289. The van der Waals surface area contributed by atoms with Gasteiger partial charge in [0, 0.05) is 5.88 Å². The molecule has 0 aliphatic rings. The van der Waals surface area contributed by atoms with Gasteiger partial charge in [0.25, 0.3) is 0 Å². The fourth-order valence-corrected chi connectivity index (χ4v) is 2.02. The van der Waals surface area contributed by atoms with Crippen LogP contribution in [0.4, 0.5) is 4.39 Å². The molecule has 0 unspecified atom stereocenters. The van der Waals surface area contributed by atoms with Gasteiger partial charge in [0.1, 0.15) is 6.61 Å². The molecule has 0 saturated heterocycles. The van der Waals surface area contributed by atoms with Crippen LogP contribution >= 0.6 is 11.6 Å². The minimum Gasteiger partial charge on any atom is -0.486 e. The SMILES string of the molecule is Cc1ccc(C)c(COc2ccc(CCl)cc2F)c1. The van der Waals surface area contributed by atoms with Crippen LogP contribution in [0.2, 0.25) is 0 Å². The Bertz CT molecular complexity index is 581. The van der Waals surface area contributed by atoms with E-state index in [9.17, 15) is 4.39 Å². The van der Waals surface area contributed by atoms with Crippen molar-refractivity contribution in [2.75, 3.05) is 0 Å². The number of aryl methyl sites for hydroxylation is 2. The smallest absolute Gasteiger partial charge is 0.165 e. The number of rotatable bonds is 4. The standard InChI is InChI=1S/C16H16ClFO/c1-11-3-4-12(2)14(7-11)10-19-16-6-5-13(9-17)8-15(16)18/h3-8H,9-10H2,1-2H3. The summed E-state index contributed by atoms with van der Waals surface area (Å²) in [5, 5.41) is 0. The quantitative estimate of drug-likeness (QED) is 0.733. The number of hydrogen-bond acceptors (Lipinski definition) is 1. The third-order valence-corrected chi connectivity index (χ3v) is 3.35. The molecule has 0 heterocycles. The fourth-order valence-electron chi connectivity index (χ4n) is 1.86. The largest absolute Gasteiger partial charge is 0.486 e. The Hall–Kier alpha value is -1.54. The minimum atomic E-state index is -0.372. The summed E-state index contributed by atoms with van der Waals surface area (Å²) in [6.07, 6.45) is 0. The topological polar surface area (TPSA) is 9.23 Å². The van der Waals surface area contributed by atoms with Crippen molar-refractivity contribution in [1.82, 2.24) is 0 Å². The molecule has 2 aromatic rings. The summed E-state index contributed by atoms with van der Waals surface area (Å²) >= 11 is 5.65. The van der Waals surface area contributed by atoms with Crippen molar-refractivity contribution < 1.29 is 9.13 Å². The zero-order chi connectivity index (χ0) is 13.8. The third kappa shape index (κ3) is 3.48. The van der Waals surface area contributed by atoms with Gasteiger partial charge in [-0.25, -0.2) is 4.39 Å². The van der Waals surface area contributed by atoms with Crippen LogP contribution in [0, 0.1) is 19.7 Å². The summed E-state index contributed by atoms with van der Waals surface area (Å²) in [6.45, 7) is 4.41. The molecule has 100 valence electrons. The first kappa shape index (κ1) is 13.9. The predicted molar refractivity (Wildman–Crippen MR) is 76.2 cm³/mol. The highest BCUT2D eigenvalue weighted by Crippen LogP contribution is 2.21. The Kier molecular flexibility index (Phi) is 4.43. The lowest BCUT2D eigenvalue weighted by Crippen LogP contribution is -2.00. The minimum absolute atomic E-state index is 0.259. The maximum Gasteiger partial charge on any atom is 0.165 e. The molecule has 0 spiro atoms. The van der Waals surface area contributed by atoms with Crippen LogP contribution in [-0.2, 0) is 12.5 Å². The lowest BCUT2D eigenvalue weighted by atomic mass is 10.1. The maximum atomic E-state index is 13.7. The predicted octanol–water partition coefficient (Wildman–Crippen LogP) is 4.76. The second kappa shape index (κ2) is 6.07. The van der Waals surface area contributed by atoms with Gasteiger partial charge < -0.3 is 4.74 Å². The molecule has 0 fully saturated rings.